The molecule has 0 aliphatic carbocycles. The molecule has 1 atom stereocenters. The first kappa shape index (κ1) is 12.1. The van der Waals surface area contributed by atoms with Crippen LogP contribution in [0.3, 0.4) is 0 Å². The number of rotatable bonds is 3. The highest BCUT2D eigenvalue weighted by Crippen LogP contribution is 2.16. The third kappa shape index (κ3) is 3.32. The zero-order valence-electron chi connectivity index (χ0n) is 10.6. The van der Waals surface area contributed by atoms with E-state index in [4.69, 9.17) is 4.42 Å². The third-order valence-corrected chi connectivity index (χ3v) is 3.27. The van der Waals surface area contributed by atoms with Gasteiger partial charge in [-0.1, -0.05) is 6.92 Å². The van der Waals surface area contributed by atoms with Crippen LogP contribution in [0.2, 0.25) is 0 Å². The summed E-state index contributed by atoms with van der Waals surface area (Å²) >= 11 is 0. The van der Waals surface area contributed by atoms with Crippen molar-refractivity contribution in [3.8, 4) is 0 Å². The number of oxazole rings is 1. The van der Waals surface area contributed by atoms with Gasteiger partial charge in [-0.05, 0) is 18.8 Å². The molecule has 0 N–H and O–H groups in total. The van der Waals surface area contributed by atoms with Crippen LogP contribution in [0.1, 0.15) is 37.8 Å². The standard InChI is InChI=1S/C13H20N2O2/c1-10-4-3-7-15(8-10)13(16)6-5-12-9-17-11(2)14-12/h9-10H,3-8H2,1-2H3. The van der Waals surface area contributed by atoms with Crippen molar-refractivity contribution in [2.24, 2.45) is 5.92 Å². The van der Waals surface area contributed by atoms with Gasteiger partial charge in [0.1, 0.15) is 6.26 Å². The molecule has 1 aromatic heterocycles. The topological polar surface area (TPSA) is 46.3 Å². The summed E-state index contributed by atoms with van der Waals surface area (Å²) < 4.78 is 5.12. The second-order valence-corrected chi connectivity index (χ2v) is 4.95. The average Bonchev–Trinajstić information content (AvgIpc) is 2.72. The number of carbonyl (C=O) groups excluding carboxylic acids is 1. The van der Waals surface area contributed by atoms with Gasteiger partial charge in [0.15, 0.2) is 5.89 Å². The number of carbonyl (C=O) groups is 1. The summed E-state index contributed by atoms with van der Waals surface area (Å²) in [5.41, 5.74) is 0.876. The fraction of sp³-hybridized carbons (Fsp3) is 0.692. The van der Waals surface area contributed by atoms with Gasteiger partial charge in [0.2, 0.25) is 5.91 Å². The lowest BCUT2D eigenvalue weighted by Crippen LogP contribution is -2.39. The van der Waals surface area contributed by atoms with Gasteiger partial charge in [0, 0.05) is 32.9 Å². The molecule has 0 radical (unpaired) electrons. The summed E-state index contributed by atoms with van der Waals surface area (Å²) in [7, 11) is 0. The van der Waals surface area contributed by atoms with Crippen molar-refractivity contribution in [1.29, 1.82) is 0 Å². The van der Waals surface area contributed by atoms with E-state index in [0.29, 0.717) is 24.7 Å². The smallest absolute Gasteiger partial charge is 0.222 e. The number of aryl methyl sites for hydroxylation is 2. The Kier molecular flexibility index (Phi) is 3.82. The van der Waals surface area contributed by atoms with E-state index in [1.54, 1.807) is 6.26 Å². The van der Waals surface area contributed by atoms with Gasteiger partial charge >= 0.3 is 0 Å². The first-order valence-corrected chi connectivity index (χ1v) is 6.34. The van der Waals surface area contributed by atoms with Gasteiger partial charge < -0.3 is 9.32 Å². The first-order valence-electron chi connectivity index (χ1n) is 6.34. The molecule has 94 valence electrons. The molecule has 1 aliphatic rings. The Morgan fingerprint density at radius 2 is 2.47 bits per heavy atom. The highest BCUT2D eigenvalue weighted by molar-refractivity contribution is 5.76. The molecule has 2 heterocycles. The molecule has 1 fully saturated rings. The molecule has 4 nitrogen and oxygen atoms in total. The number of nitrogens with zero attached hydrogens (tertiary/aromatic N) is 2. The lowest BCUT2D eigenvalue weighted by Gasteiger charge is -2.30. The maximum Gasteiger partial charge on any atom is 0.222 e. The molecule has 0 spiro atoms. The van der Waals surface area contributed by atoms with E-state index in [9.17, 15) is 4.79 Å². The van der Waals surface area contributed by atoms with Crippen LogP contribution < -0.4 is 0 Å². The number of hydrogen-bond donors (Lipinski definition) is 0. The summed E-state index contributed by atoms with van der Waals surface area (Å²) in [5.74, 6) is 1.55. The van der Waals surface area contributed by atoms with Crippen LogP contribution in [0.5, 0.6) is 0 Å². The Morgan fingerprint density at radius 1 is 1.65 bits per heavy atom. The predicted octanol–water partition coefficient (Wildman–Crippen LogP) is 2.17. The minimum atomic E-state index is 0.247. The zero-order valence-corrected chi connectivity index (χ0v) is 10.6. The first-order chi connectivity index (χ1) is 8.15. The maximum absolute atomic E-state index is 12.0. The second kappa shape index (κ2) is 5.34. The van der Waals surface area contributed by atoms with Gasteiger partial charge in [-0.25, -0.2) is 4.98 Å². The number of aromatic nitrogens is 1. The molecule has 1 aliphatic heterocycles. The minimum absolute atomic E-state index is 0.247. The predicted molar refractivity (Wildman–Crippen MR) is 64.5 cm³/mol. The number of likely N-dealkylation sites (tertiary alicyclic amines) is 1. The van der Waals surface area contributed by atoms with Gasteiger partial charge in [0.05, 0.1) is 5.69 Å². The van der Waals surface area contributed by atoms with E-state index >= 15 is 0 Å². The molecule has 1 unspecified atom stereocenters. The van der Waals surface area contributed by atoms with E-state index in [-0.39, 0.29) is 5.91 Å². The van der Waals surface area contributed by atoms with E-state index in [2.05, 4.69) is 11.9 Å². The lowest BCUT2D eigenvalue weighted by molar-refractivity contribution is -0.132. The highest BCUT2D eigenvalue weighted by Gasteiger charge is 2.20. The van der Waals surface area contributed by atoms with Crippen molar-refractivity contribution in [2.75, 3.05) is 13.1 Å². The van der Waals surface area contributed by atoms with E-state index in [0.717, 1.165) is 25.2 Å². The minimum Gasteiger partial charge on any atom is -0.449 e. The number of piperidine rings is 1. The van der Waals surface area contributed by atoms with E-state index < -0.39 is 0 Å². The Bertz CT molecular complexity index is 387. The molecule has 0 saturated carbocycles. The average molecular weight is 236 g/mol. The summed E-state index contributed by atoms with van der Waals surface area (Å²) in [6.07, 6.45) is 5.24. The molecule has 0 bridgehead atoms. The summed E-state index contributed by atoms with van der Waals surface area (Å²) in [6, 6.07) is 0. The molecule has 1 aromatic rings. The fourth-order valence-corrected chi connectivity index (χ4v) is 2.33. The van der Waals surface area contributed by atoms with Gasteiger partial charge in [-0.15, -0.1) is 0 Å². The van der Waals surface area contributed by atoms with Crippen molar-refractivity contribution >= 4 is 5.91 Å². The fourth-order valence-electron chi connectivity index (χ4n) is 2.33. The van der Waals surface area contributed by atoms with E-state index in [1.807, 2.05) is 11.8 Å². The Labute approximate surface area is 102 Å². The third-order valence-electron chi connectivity index (χ3n) is 3.27. The molecule has 0 aromatic carbocycles. The molecule has 2 rings (SSSR count). The lowest BCUT2D eigenvalue weighted by atomic mass is 10.00. The maximum atomic E-state index is 12.0. The molecule has 17 heavy (non-hydrogen) atoms. The molecule has 4 heteroatoms. The van der Waals surface area contributed by atoms with Crippen molar-refractivity contribution in [1.82, 2.24) is 9.88 Å². The van der Waals surface area contributed by atoms with Crippen molar-refractivity contribution in [2.45, 2.75) is 39.5 Å². The molecule has 1 amide bonds. The van der Waals surface area contributed by atoms with Crippen molar-refractivity contribution in [3.63, 3.8) is 0 Å². The summed E-state index contributed by atoms with van der Waals surface area (Å²) in [6.45, 7) is 5.86. The van der Waals surface area contributed by atoms with Gasteiger partial charge in [-0.2, -0.15) is 0 Å². The number of hydrogen-bond acceptors (Lipinski definition) is 3. The van der Waals surface area contributed by atoms with Gasteiger partial charge in [0.25, 0.3) is 0 Å². The highest BCUT2D eigenvalue weighted by atomic mass is 16.3. The van der Waals surface area contributed by atoms with Crippen LogP contribution in [0.4, 0.5) is 0 Å². The molecular formula is C13H20N2O2. The second-order valence-electron chi connectivity index (χ2n) is 4.95. The normalized spacial score (nSPS) is 20.6. The van der Waals surface area contributed by atoms with Crippen LogP contribution in [-0.2, 0) is 11.2 Å². The van der Waals surface area contributed by atoms with Crippen LogP contribution in [-0.4, -0.2) is 28.9 Å². The quantitative estimate of drug-likeness (QED) is 0.808. The van der Waals surface area contributed by atoms with Crippen LogP contribution in [0, 0.1) is 12.8 Å². The molecular weight excluding hydrogens is 216 g/mol. The van der Waals surface area contributed by atoms with Crippen molar-refractivity contribution < 1.29 is 9.21 Å². The zero-order chi connectivity index (χ0) is 12.3. The largest absolute Gasteiger partial charge is 0.449 e. The van der Waals surface area contributed by atoms with Crippen LogP contribution >= 0.6 is 0 Å². The van der Waals surface area contributed by atoms with Crippen LogP contribution in [0.25, 0.3) is 0 Å². The number of amides is 1. The SMILES string of the molecule is Cc1nc(CCC(=O)N2CCCC(C)C2)co1. The van der Waals surface area contributed by atoms with Gasteiger partial charge in [-0.3, -0.25) is 4.79 Å². The Hall–Kier alpha value is -1.32. The summed E-state index contributed by atoms with van der Waals surface area (Å²) in [5, 5.41) is 0. The van der Waals surface area contributed by atoms with Crippen molar-refractivity contribution in [3.05, 3.63) is 17.8 Å². The Balaban J connectivity index is 1.80. The molecule has 1 saturated heterocycles. The van der Waals surface area contributed by atoms with Crippen LogP contribution in [0.15, 0.2) is 10.7 Å². The van der Waals surface area contributed by atoms with E-state index in [1.165, 1.54) is 6.42 Å². The monoisotopic (exact) mass is 236 g/mol. The summed E-state index contributed by atoms with van der Waals surface area (Å²) in [4.78, 5) is 18.2. The Morgan fingerprint density at radius 3 is 3.12 bits per heavy atom.